The molecule has 1 aliphatic heterocycles. The van der Waals surface area contributed by atoms with Crippen molar-refractivity contribution >= 4 is 9.84 Å². The molecule has 1 fully saturated rings. The van der Waals surface area contributed by atoms with Crippen LogP contribution in [0.2, 0.25) is 0 Å². The van der Waals surface area contributed by atoms with Gasteiger partial charge < -0.3 is 10.2 Å². The van der Waals surface area contributed by atoms with Crippen LogP contribution >= 0.6 is 0 Å². The molecule has 0 aromatic heterocycles. The van der Waals surface area contributed by atoms with Gasteiger partial charge in [-0.25, -0.2) is 8.42 Å². The van der Waals surface area contributed by atoms with Gasteiger partial charge in [0, 0.05) is 18.8 Å². The highest BCUT2D eigenvalue weighted by atomic mass is 32.2. The lowest BCUT2D eigenvalue weighted by atomic mass is 9.90. The number of hydrogen-bond donors (Lipinski definition) is 1. The number of nitrogens with zero attached hydrogens (tertiary/aromatic N) is 1. The third-order valence-corrected chi connectivity index (χ3v) is 4.67. The monoisotopic (exact) mass is 262 g/mol. The molecule has 1 rings (SSSR count). The summed E-state index contributed by atoms with van der Waals surface area (Å²) in [6, 6.07) is 0.427. The van der Waals surface area contributed by atoms with Crippen LogP contribution in [-0.2, 0) is 9.84 Å². The van der Waals surface area contributed by atoms with Gasteiger partial charge in [-0.2, -0.15) is 0 Å². The van der Waals surface area contributed by atoms with Crippen molar-refractivity contribution in [2.24, 2.45) is 5.92 Å². The quantitative estimate of drug-likeness (QED) is 0.767. The Morgan fingerprint density at radius 3 is 2.41 bits per heavy atom. The molecule has 0 amide bonds. The van der Waals surface area contributed by atoms with Crippen molar-refractivity contribution in [3.63, 3.8) is 0 Å². The zero-order valence-electron chi connectivity index (χ0n) is 11.3. The Hall–Kier alpha value is -0.130. The Kier molecular flexibility index (Phi) is 5.89. The maximum absolute atomic E-state index is 11.0. The van der Waals surface area contributed by atoms with E-state index in [-0.39, 0.29) is 5.75 Å². The highest BCUT2D eigenvalue weighted by molar-refractivity contribution is 7.90. The van der Waals surface area contributed by atoms with Gasteiger partial charge in [0.05, 0.1) is 5.75 Å². The SMILES string of the molecule is CCN1CCC(C(C)NCCS(C)(=O)=O)CC1. The van der Waals surface area contributed by atoms with Gasteiger partial charge in [0.15, 0.2) is 0 Å². The molecule has 4 nitrogen and oxygen atoms in total. The van der Waals surface area contributed by atoms with Crippen LogP contribution in [0.3, 0.4) is 0 Å². The maximum Gasteiger partial charge on any atom is 0.148 e. The predicted molar refractivity (Wildman–Crippen MR) is 72.0 cm³/mol. The number of piperidine rings is 1. The number of rotatable bonds is 6. The topological polar surface area (TPSA) is 49.4 Å². The number of sulfone groups is 1. The summed E-state index contributed by atoms with van der Waals surface area (Å²) >= 11 is 0. The first kappa shape index (κ1) is 14.9. The fourth-order valence-electron chi connectivity index (χ4n) is 2.41. The van der Waals surface area contributed by atoms with E-state index in [1.54, 1.807) is 0 Å². The maximum atomic E-state index is 11.0. The zero-order valence-corrected chi connectivity index (χ0v) is 12.1. The van der Waals surface area contributed by atoms with Crippen LogP contribution in [0.5, 0.6) is 0 Å². The number of nitrogens with one attached hydrogen (secondary N) is 1. The van der Waals surface area contributed by atoms with Gasteiger partial charge in [-0.05, 0) is 45.3 Å². The molecule has 17 heavy (non-hydrogen) atoms. The lowest BCUT2D eigenvalue weighted by molar-refractivity contribution is 0.170. The summed E-state index contributed by atoms with van der Waals surface area (Å²) in [6.07, 6.45) is 3.74. The standard InChI is InChI=1S/C12H26N2O2S/c1-4-14-8-5-12(6-9-14)11(2)13-7-10-17(3,15)16/h11-13H,4-10H2,1-3H3. The lowest BCUT2D eigenvalue weighted by Crippen LogP contribution is -2.42. The largest absolute Gasteiger partial charge is 0.313 e. The van der Waals surface area contributed by atoms with Gasteiger partial charge in [-0.1, -0.05) is 6.92 Å². The summed E-state index contributed by atoms with van der Waals surface area (Å²) < 4.78 is 22.0. The van der Waals surface area contributed by atoms with E-state index in [0.29, 0.717) is 18.5 Å². The molecule has 1 aliphatic rings. The summed E-state index contributed by atoms with van der Waals surface area (Å²) in [5, 5.41) is 3.34. The number of likely N-dealkylation sites (tertiary alicyclic amines) is 1. The van der Waals surface area contributed by atoms with E-state index >= 15 is 0 Å². The normalized spacial score (nSPS) is 21.6. The molecule has 1 N–H and O–H groups in total. The van der Waals surface area contributed by atoms with Crippen LogP contribution in [0.1, 0.15) is 26.7 Å². The minimum atomic E-state index is -2.83. The molecule has 0 saturated carbocycles. The van der Waals surface area contributed by atoms with Crippen molar-refractivity contribution in [3.05, 3.63) is 0 Å². The molecule has 0 aromatic carbocycles. The van der Waals surface area contributed by atoms with Gasteiger partial charge in [0.25, 0.3) is 0 Å². The van der Waals surface area contributed by atoms with Crippen molar-refractivity contribution in [3.8, 4) is 0 Å². The smallest absolute Gasteiger partial charge is 0.148 e. The second kappa shape index (κ2) is 6.71. The fraction of sp³-hybridized carbons (Fsp3) is 1.00. The van der Waals surface area contributed by atoms with E-state index in [2.05, 4.69) is 24.1 Å². The zero-order chi connectivity index (χ0) is 12.9. The van der Waals surface area contributed by atoms with E-state index in [1.165, 1.54) is 32.2 Å². The van der Waals surface area contributed by atoms with Gasteiger partial charge in [-0.15, -0.1) is 0 Å². The first-order chi connectivity index (χ1) is 7.92. The fourth-order valence-corrected chi connectivity index (χ4v) is 2.90. The molecule has 0 spiro atoms. The summed E-state index contributed by atoms with van der Waals surface area (Å²) in [5.74, 6) is 0.933. The van der Waals surface area contributed by atoms with Crippen LogP contribution in [0, 0.1) is 5.92 Å². The van der Waals surface area contributed by atoms with Crippen molar-refractivity contribution in [1.82, 2.24) is 10.2 Å². The minimum absolute atomic E-state index is 0.241. The van der Waals surface area contributed by atoms with E-state index in [9.17, 15) is 8.42 Å². The summed E-state index contributed by atoms with van der Waals surface area (Å²) in [4.78, 5) is 2.47. The third-order valence-electron chi connectivity index (χ3n) is 3.73. The van der Waals surface area contributed by atoms with Crippen molar-refractivity contribution in [1.29, 1.82) is 0 Å². The Labute approximate surface area is 106 Å². The van der Waals surface area contributed by atoms with Crippen molar-refractivity contribution in [2.45, 2.75) is 32.7 Å². The molecular formula is C12H26N2O2S. The molecule has 0 aliphatic carbocycles. The van der Waals surface area contributed by atoms with Crippen molar-refractivity contribution in [2.75, 3.05) is 38.2 Å². The van der Waals surface area contributed by atoms with Gasteiger partial charge in [-0.3, -0.25) is 0 Å². The van der Waals surface area contributed by atoms with Crippen LogP contribution in [0.25, 0.3) is 0 Å². The van der Waals surface area contributed by atoms with Gasteiger partial charge >= 0.3 is 0 Å². The first-order valence-corrected chi connectivity index (χ1v) is 8.62. The molecule has 1 atom stereocenters. The summed E-state index contributed by atoms with van der Waals surface area (Å²) in [7, 11) is -2.83. The number of hydrogen-bond acceptors (Lipinski definition) is 4. The van der Waals surface area contributed by atoms with Crippen LogP contribution in [-0.4, -0.2) is 57.5 Å². The lowest BCUT2D eigenvalue weighted by Gasteiger charge is -2.34. The summed E-state index contributed by atoms with van der Waals surface area (Å²) in [5.41, 5.74) is 0. The third kappa shape index (κ3) is 5.84. The van der Waals surface area contributed by atoms with Crippen molar-refractivity contribution < 1.29 is 8.42 Å². The molecule has 102 valence electrons. The van der Waals surface area contributed by atoms with Gasteiger partial charge in [0.2, 0.25) is 0 Å². The minimum Gasteiger partial charge on any atom is -0.313 e. The molecule has 0 aromatic rings. The molecule has 0 radical (unpaired) electrons. The molecule has 0 bridgehead atoms. The van der Waals surface area contributed by atoms with E-state index in [0.717, 1.165) is 6.54 Å². The van der Waals surface area contributed by atoms with Crippen LogP contribution in [0.4, 0.5) is 0 Å². The Balaban J connectivity index is 2.22. The second-order valence-corrected chi connectivity index (χ2v) is 7.40. The van der Waals surface area contributed by atoms with E-state index in [1.807, 2.05) is 0 Å². The second-order valence-electron chi connectivity index (χ2n) is 5.14. The predicted octanol–water partition coefficient (Wildman–Crippen LogP) is 0.741. The molecule has 1 heterocycles. The Bertz CT molecular complexity index is 308. The highest BCUT2D eigenvalue weighted by Crippen LogP contribution is 2.20. The molecule has 5 heteroatoms. The Morgan fingerprint density at radius 1 is 1.35 bits per heavy atom. The van der Waals surface area contributed by atoms with E-state index < -0.39 is 9.84 Å². The summed E-state index contributed by atoms with van der Waals surface area (Å²) in [6.45, 7) is 8.46. The molecular weight excluding hydrogens is 236 g/mol. The average Bonchev–Trinajstić information content (AvgIpc) is 2.27. The van der Waals surface area contributed by atoms with Crippen LogP contribution < -0.4 is 5.32 Å². The van der Waals surface area contributed by atoms with Gasteiger partial charge in [0.1, 0.15) is 9.84 Å². The molecule has 1 saturated heterocycles. The molecule has 1 unspecified atom stereocenters. The first-order valence-electron chi connectivity index (χ1n) is 6.56. The average molecular weight is 262 g/mol. The van der Waals surface area contributed by atoms with Crippen LogP contribution in [0.15, 0.2) is 0 Å². The highest BCUT2D eigenvalue weighted by Gasteiger charge is 2.22. The Morgan fingerprint density at radius 2 is 1.94 bits per heavy atom. The van der Waals surface area contributed by atoms with E-state index in [4.69, 9.17) is 0 Å².